The number of hydrogen-bond acceptors (Lipinski definition) is 3. The number of rotatable bonds is 1. The van der Waals surface area contributed by atoms with E-state index in [1.54, 1.807) is 7.11 Å². The van der Waals surface area contributed by atoms with Crippen molar-refractivity contribution in [2.45, 2.75) is 18.9 Å². The van der Waals surface area contributed by atoms with Crippen molar-refractivity contribution in [2.24, 2.45) is 0 Å². The van der Waals surface area contributed by atoms with Crippen molar-refractivity contribution >= 4 is 5.69 Å². The van der Waals surface area contributed by atoms with Crippen LogP contribution in [-0.2, 0) is 6.42 Å². The molecule has 2 aliphatic rings. The summed E-state index contributed by atoms with van der Waals surface area (Å²) >= 11 is 0. The van der Waals surface area contributed by atoms with Crippen LogP contribution in [-0.4, -0.2) is 44.7 Å². The lowest BCUT2D eigenvalue weighted by atomic mass is 10.1. The van der Waals surface area contributed by atoms with Crippen molar-refractivity contribution in [3.63, 3.8) is 0 Å². The fourth-order valence-corrected chi connectivity index (χ4v) is 3.19. The molecule has 0 amide bonds. The van der Waals surface area contributed by atoms with Gasteiger partial charge in [-0.2, -0.15) is 0 Å². The Morgan fingerprint density at radius 1 is 1.29 bits per heavy atom. The van der Waals surface area contributed by atoms with Crippen LogP contribution >= 0.6 is 0 Å². The van der Waals surface area contributed by atoms with Crippen LogP contribution in [0.1, 0.15) is 12.0 Å². The van der Waals surface area contributed by atoms with E-state index in [1.807, 2.05) is 0 Å². The third-order valence-corrected chi connectivity index (χ3v) is 3.95. The Labute approximate surface area is 103 Å². The molecule has 1 atom stereocenters. The van der Waals surface area contributed by atoms with Gasteiger partial charge in [-0.25, -0.2) is 0 Å². The molecule has 17 heavy (non-hydrogen) atoms. The van der Waals surface area contributed by atoms with Crippen molar-refractivity contribution < 1.29 is 4.74 Å². The predicted molar refractivity (Wildman–Crippen MR) is 69.9 cm³/mol. The van der Waals surface area contributed by atoms with Crippen LogP contribution in [0.3, 0.4) is 0 Å². The molecule has 1 unspecified atom stereocenters. The van der Waals surface area contributed by atoms with Crippen LogP contribution in [0.4, 0.5) is 5.69 Å². The van der Waals surface area contributed by atoms with Gasteiger partial charge in [-0.05, 0) is 38.1 Å². The zero-order chi connectivity index (χ0) is 11.8. The zero-order valence-electron chi connectivity index (χ0n) is 10.6. The van der Waals surface area contributed by atoms with Crippen molar-refractivity contribution in [3.8, 4) is 5.75 Å². The topological polar surface area (TPSA) is 15.7 Å². The lowest BCUT2D eigenvalue weighted by Crippen LogP contribution is -2.37. The van der Waals surface area contributed by atoms with Gasteiger partial charge >= 0.3 is 0 Å². The number of nitrogens with zero attached hydrogens (tertiary/aromatic N) is 2. The Morgan fingerprint density at radius 2 is 2.18 bits per heavy atom. The van der Waals surface area contributed by atoms with E-state index in [4.69, 9.17) is 4.74 Å². The highest BCUT2D eigenvalue weighted by Gasteiger charge is 2.33. The van der Waals surface area contributed by atoms with E-state index in [9.17, 15) is 0 Å². The molecule has 0 bridgehead atoms. The second-order valence-corrected chi connectivity index (χ2v) is 5.14. The minimum Gasteiger partial charge on any atom is -0.495 e. The summed E-state index contributed by atoms with van der Waals surface area (Å²) in [6, 6.07) is 7.06. The number of likely N-dealkylation sites (N-methyl/N-ethyl adjacent to an activating group) is 1. The number of anilines is 1. The molecular formula is C14H20N2O. The Balaban J connectivity index is 1.98. The van der Waals surface area contributed by atoms with E-state index in [1.165, 1.54) is 24.2 Å². The van der Waals surface area contributed by atoms with Crippen LogP contribution in [0, 0.1) is 0 Å². The van der Waals surface area contributed by atoms with Gasteiger partial charge in [0.2, 0.25) is 0 Å². The number of fused-ring (bicyclic) bond motifs is 3. The normalized spacial score (nSPS) is 24.1. The van der Waals surface area contributed by atoms with Crippen molar-refractivity contribution in [1.29, 1.82) is 0 Å². The quantitative estimate of drug-likeness (QED) is 0.734. The van der Waals surface area contributed by atoms with Crippen LogP contribution in [0.15, 0.2) is 18.2 Å². The van der Waals surface area contributed by atoms with Gasteiger partial charge in [0, 0.05) is 19.1 Å². The molecule has 0 aromatic heterocycles. The van der Waals surface area contributed by atoms with Gasteiger partial charge in [0.25, 0.3) is 0 Å². The SMILES string of the molecule is COc1cccc2c1N1CCCN(C)CC1C2. The maximum Gasteiger partial charge on any atom is 0.142 e. The van der Waals surface area contributed by atoms with E-state index in [0.29, 0.717) is 6.04 Å². The second-order valence-electron chi connectivity index (χ2n) is 5.14. The molecule has 0 aliphatic carbocycles. The maximum absolute atomic E-state index is 5.52. The summed E-state index contributed by atoms with van der Waals surface area (Å²) < 4.78 is 5.52. The van der Waals surface area contributed by atoms with Crippen LogP contribution in [0.5, 0.6) is 5.75 Å². The molecule has 0 N–H and O–H groups in total. The fraction of sp³-hybridized carbons (Fsp3) is 0.571. The molecular weight excluding hydrogens is 212 g/mol. The summed E-state index contributed by atoms with van der Waals surface area (Å²) in [4.78, 5) is 5.00. The lowest BCUT2D eigenvalue weighted by Gasteiger charge is -2.27. The van der Waals surface area contributed by atoms with Crippen molar-refractivity contribution in [3.05, 3.63) is 23.8 Å². The van der Waals surface area contributed by atoms with Crippen LogP contribution in [0.2, 0.25) is 0 Å². The number of para-hydroxylation sites is 1. The lowest BCUT2D eigenvalue weighted by molar-refractivity contribution is 0.333. The molecule has 3 rings (SSSR count). The summed E-state index contributed by atoms with van der Waals surface area (Å²) in [5, 5.41) is 0. The second kappa shape index (κ2) is 4.22. The molecule has 0 spiro atoms. The molecule has 1 aromatic carbocycles. The molecule has 92 valence electrons. The minimum absolute atomic E-state index is 0.633. The number of methoxy groups -OCH3 is 1. The molecule has 0 radical (unpaired) electrons. The average Bonchev–Trinajstić information content (AvgIpc) is 2.57. The third kappa shape index (κ3) is 1.78. The standard InChI is InChI=1S/C14H20N2O/c1-15-7-4-8-16-12(10-15)9-11-5-3-6-13(17-2)14(11)16/h3,5-6,12H,4,7-10H2,1-2H3. The van der Waals surface area contributed by atoms with E-state index in [0.717, 1.165) is 25.3 Å². The van der Waals surface area contributed by atoms with Gasteiger partial charge in [-0.3, -0.25) is 0 Å². The predicted octanol–water partition coefficient (Wildman–Crippen LogP) is 1.76. The summed E-state index contributed by atoms with van der Waals surface area (Å²) in [6.45, 7) is 3.53. The smallest absolute Gasteiger partial charge is 0.142 e. The van der Waals surface area contributed by atoms with E-state index in [2.05, 4.69) is 35.0 Å². The molecule has 2 aliphatic heterocycles. The summed E-state index contributed by atoms with van der Waals surface area (Å²) in [5.74, 6) is 1.04. The molecule has 3 heteroatoms. The van der Waals surface area contributed by atoms with Gasteiger partial charge in [-0.15, -0.1) is 0 Å². The minimum atomic E-state index is 0.633. The Morgan fingerprint density at radius 3 is 3.00 bits per heavy atom. The summed E-state index contributed by atoms with van der Waals surface area (Å²) in [5.41, 5.74) is 2.79. The largest absolute Gasteiger partial charge is 0.495 e. The average molecular weight is 232 g/mol. The van der Waals surface area contributed by atoms with Crippen LogP contribution < -0.4 is 9.64 Å². The number of benzene rings is 1. The Kier molecular flexibility index (Phi) is 2.71. The van der Waals surface area contributed by atoms with Gasteiger partial charge in [0.05, 0.1) is 12.8 Å². The summed E-state index contributed by atoms with van der Waals surface area (Å²) in [6.07, 6.45) is 2.40. The molecule has 0 saturated carbocycles. The van der Waals surface area contributed by atoms with Crippen molar-refractivity contribution in [2.75, 3.05) is 38.7 Å². The van der Waals surface area contributed by atoms with E-state index < -0.39 is 0 Å². The molecule has 2 heterocycles. The highest BCUT2D eigenvalue weighted by Crippen LogP contribution is 2.40. The molecule has 1 aromatic rings. The highest BCUT2D eigenvalue weighted by atomic mass is 16.5. The number of hydrogen-bond donors (Lipinski definition) is 0. The van der Waals surface area contributed by atoms with Gasteiger partial charge in [-0.1, -0.05) is 12.1 Å². The first-order chi connectivity index (χ1) is 8.29. The zero-order valence-corrected chi connectivity index (χ0v) is 10.6. The van der Waals surface area contributed by atoms with Gasteiger partial charge in [0.15, 0.2) is 0 Å². The first-order valence-electron chi connectivity index (χ1n) is 6.40. The van der Waals surface area contributed by atoms with E-state index >= 15 is 0 Å². The Bertz CT molecular complexity index is 419. The molecule has 1 fully saturated rings. The first kappa shape index (κ1) is 10.9. The van der Waals surface area contributed by atoms with Gasteiger partial charge in [0.1, 0.15) is 5.75 Å². The first-order valence-corrected chi connectivity index (χ1v) is 6.40. The fourth-order valence-electron chi connectivity index (χ4n) is 3.19. The van der Waals surface area contributed by atoms with Crippen molar-refractivity contribution in [1.82, 2.24) is 4.90 Å². The monoisotopic (exact) mass is 232 g/mol. The molecule has 1 saturated heterocycles. The van der Waals surface area contributed by atoms with E-state index in [-0.39, 0.29) is 0 Å². The third-order valence-electron chi connectivity index (χ3n) is 3.95. The Hall–Kier alpha value is -1.22. The molecule has 3 nitrogen and oxygen atoms in total. The maximum atomic E-state index is 5.52. The highest BCUT2D eigenvalue weighted by molar-refractivity contribution is 5.68. The van der Waals surface area contributed by atoms with Crippen LogP contribution in [0.25, 0.3) is 0 Å². The summed E-state index contributed by atoms with van der Waals surface area (Å²) in [7, 11) is 4.00. The number of ether oxygens (including phenoxy) is 1. The van der Waals surface area contributed by atoms with Gasteiger partial charge < -0.3 is 14.5 Å².